The Balaban J connectivity index is 1.30. The summed E-state index contributed by atoms with van der Waals surface area (Å²) in [5.41, 5.74) is 4.26. The van der Waals surface area contributed by atoms with Gasteiger partial charge in [-0.1, -0.05) is 29.5 Å². The minimum absolute atomic E-state index is 0.227. The third-order valence-corrected chi connectivity index (χ3v) is 5.98. The number of benzene rings is 2. The van der Waals surface area contributed by atoms with Crippen LogP contribution < -0.4 is 5.32 Å². The van der Waals surface area contributed by atoms with Crippen molar-refractivity contribution in [3.8, 4) is 17.1 Å². The van der Waals surface area contributed by atoms with Crippen LogP contribution in [0.5, 0.6) is 0 Å². The molecule has 2 N–H and O–H groups in total. The fraction of sp³-hybridized carbons (Fsp3) is 0.182. The van der Waals surface area contributed by atoms with E-state index >= 15 is 0 Å². The summed E-state index contributed by atoms with van der Waals surface area (Å²) in [6, 6.07) is 12.6. The minimum atomic E-state index is -0.637. The average molecular weight is 427 g/mol. The van der Waals surface area contributed by atoms with Gasteiger partial charge in [-0.15, -0.1) is 5.10 Å². The number of para-hydroxylation sites is 1. The number of nitrogens with zero attached hydrogens (tertiary/aromatic N) is 5. The van der Waals surface area contributed by atoms with Crippen LogP contribution in [-0.2, 0) is 16.1 Å². The summed E-state index contributed by atoms with van der Waals surface area (Å²) in [5, 5.41) is 19.1. The molecule has 2 aromatic heterocycles. The Morgan fingerprint density at radius 2 is 1.94 bits per heavy atom. The summed E-state index contributed by atoms with van der Waals surface area (Å²) in [7, 11) is 0. The van der Waals surface area contributed by atoms with Crippen LogP contribution >= 0.6 is 0 Å². The van der Waals surface area contributed by atoms with Crippen molar-refractivity contribution in [3.05, 3.63) is 59.8 Å². The van der Waals surface area contributed by atoms with Crippen LogP contribution in [0.4, 0.5) is 0 Å². The van der Waals surface area contributed by atoms with E-state index in [0.29, 0.717) is 35.6 Å². The molecule has 1 atom stereocenters. The maximum absolute atomic E-state index is 13.0. The van der Waals surface area contributed by atoms with Gasteiger partial charge in [-0.25, -0.2) is 4.68 Å². The van der Waals surface area contributed by atoms with E-state index in [9.17, 15) is 14.4 Å². The second kappa shape index (κ2) is 6.84. The van der Waals surface area contributed by atoms with E-state index in [0.717, 1.165) is 16.5 Å². The zero-order valence-electron chi connectivity index (χ0n) is 16.8. The maximum atomic E-state index is 13.0. The highest BCUT2D eigenvalue weighted by Crippen LogP contribution is 2.30. The molecule has 2 aromatic carbocycles. The number of hydrogen-bond acceptors (Lipinski definition) is 6. The topological polar surface area (TPSA) is 126 Å². The summed E-state index contributed by atoms with van der Waals surface area (Å²) in [6.07, 6.45) is 2.33. The van der Waals surface area contributed by atoms with Gasteiger partial charge in [0.1, 0.15) is 17.4 Å². The van der Waals surface area contributed by atoms with Crippen LogP contribution in [0, 0.1) is 0 Å². The van der Waals surface area contributed by atoms with Crippen molar-refractivity contribution < 1.29 is 14.4 Å². The zero-order valence-corrected chi connectivity index (χ0v) is 16.8. The second-order valence-electron chi connectivity index (χ2n) is 7.91. The van der Waals surface area contributed by atoms with Gasteiger partial charge in [0.05, 0.1) is 17.4 Å². The first-order valence-electron chi connectivity index (χ1n) is 10.2. The first kappa shape index (κ1) is 18.4. The van der Waals surface area contributed by atoms with Crippen LogP contribution in [0.25, 0.3) is 28.0 Å². The molecular formula is C22H17N7O3. The average Bonchev–Trinajstić information content (AvgIpc) is 3.51. The molecule has 0 bridgehead atoms. The Hall–Kier alpha value is -4.34. The molecule has 32 heavy (non-hydrogen) atoms. The Morgan fingerprint density at radius 3 is 2.81 bits per heavy atom. The number of nitrogens with one attached hydrogen (secondary N) is 2. The fourth-order valence-electron chi connectivity index (χ4n) is 4.34. The molecule has 4 aromatic rings. The van der Waals surface area contributed by atoms with Crippen molar-refractivity contribution >= 4 is 28.6 Å². The van der Waals surface area contributed by atoms with E-state index in [1.54, 1.807) is 16.9 Å². The van der Waals surface area contributed by atoms with E-state index in [2.05, 4.69) is 25.8 Å². The smallest absolute Gasteiger partial charge is 0.255 e. The largest absolute Gasteiger partial charge is 0.322 e. The minimum Gasteiger partial charge on any atom is -0.322 e. The molecule has 1 unspecified atom stereocenters. The van der Waals surface area contributed by atoms with Gasteiger partial charge in [0, 0.05) is 23.9 Å². The molecule has 3 amide bonds. The number of fused-ring (bicyclic) bond motifs is 2. The SMILES string of the molecule is O=C1CCC(N2Cc3ccc(-n4cc(-c5n[nH]c6ccccc56)nn4)cc3C2=O)C(=O)N1. The lowest BCUT2D eigenvalue weighted by Gasteiger charge is -2.29. The number of H-pyrrole nitrogens is 1. The molecule has 2 aliphatic heterocycles. The standard InChI is InChI=1S/C22H17N7O3/c30-19-8-7-18(21(31)23-19)28-10-12-5-6-13(9-15(12)22(28)32)29-11-17(25-27-29)20-14-3-1-2-4-16(14)24-26-20/h1-6,9,11,18H,7-8,10H2,(H,24,26)(H,23,30,31). The van der Waals surface area contributed by atoms with E-state index in [-0.39, 0.29) is 18.2 Å². The number of aromatic amines is 1. The lowest BCUT2D eigenvalue weighted by molar-refractivity contribution is -0.136. The number of imide groups is 1. The Kier molecular flexibility index (Phi) is 3.94. The highest BCUT2D eigenvalue weighted by atomic mass is 16.2. The molecule has 0 radical (unpaired) electrons. The van der Waals surface area contributed by atoms with Crippen LogP contribution in [0.1, 0.15) is 28.8 Å². The molecule has 158 valence electrons. The first-order valence-corrected chi connectivity index (χ1v) is 10.2. The second-order valence-corrected chi connectivity index (χ2v) is 7.91. The summed E-state index contributed by atoms with van der Waals surface area (Å²) < 4.78 is 1.60. The lowest BCUT2D eigenvalue weighted by atomic mass is 10.0. The Morgan fingerprint density at radius 1 is 1.06 bits per heavy atom. The van der Waals surface area contributed by atoms with Gasteiger partial charge in [-0.2, -0.15) is 5.10 Å². The van der Waals surface area contributed by atoms with Gasteiger partial charge < -0.3 is 4.90 Å². The molecule has 10 nitrogen and oxygen atoms in total. The van der Waals surface area contributed by atoms with Crippen molar-refractivity contribution in [2.24, 2.45) is 0 Å². The molecule has 0 saturated carbocycles. The summed E-state index contributed by atoms with van der Waals surface area (Å²) in [5.74, 6) is -0.950. The van der Waals surface area contributed by atoms with Gasteiger partial charge in [0.25, 0.3) is 5.91 Å². The molecule has 10 heteroatoms. The van der Waals surface area contributed by atoms with Crippen molar-refractivity contribution in [3.63, 3.8) is 0 Å². The molecule has 0 aliphatic carbocycles. The van der Waals surface area contributed by atoms with Crippen LogP contribution in [0.3, 0.4) is 0 Å². The summed E-state index contributed by atoms with van der Waals surface area (Å²) in [6.45, 7) is 0.336. The molecule has 1 saturated heterocycles. The molecule has 6 rings (SSSR count). The van der Waals surface area contributed by atoms with E-state index < -0.39 is 11.9 Å². The molecule has 2 aliphatic rings. The number of amides is 3. The quantitative estimate of drug-likeness (QED) is 0.478. The predicted octanol–water partition coefficient (Wildman–Crippen LogP) is 1.57. The highest BCUT2D eigenvalue weighted by Gasteiger charge is 2.39. The summed E-state index contributed by atoms with van der Waals surface area (Å²) in [4.78, 5) is 38.2. The van der Waals surface area contributed by atoms with E-state index in [4.69, 9.17) is 0 Å². The van der Waals surface area contributed by atoms with E-state index in [1.807, 2.05) is 36.4 Å². The van der Waals surface area contributed by atoms with Crippen LogP contribution in [-0.4, -0.2) is 53.9 Å². The lowest BCUT2D eigenvalue weighted by Crippen LogP contribution is -2.52. The number of rotatable bonds is 3. The van der Waals surface area contributed by atoms with Crippen LogP contribution in [0.2, 0.25) is 0 Å². The van der Waals surface area contributed by atoms with Gasteiger partial charge in [0.15, 0.2) is 0 Å². The van der Waals surface area contributed by atoms with Gasteiger partial charge >= 0.3 is 0 Å². The predicted molar refractivity (Wildman–Crippen MR) is 112 cm³/mol. The molecule has 4 heterocycles. The number of carbonyl (C=O) groups excluding carboxylic acids is 3. The van der Waals surface area contributed by atoms with Gasteiger partial charge in [0.2, 0.25) is 11.8 Å². The number of hydrogen-bond donors (Lipinski definition) is 2. The van der Waals surface area contributed by atoms with Crippen molar-refractivity contribution in [2.45, 2.75) is 25.4 Å². The number of piperidine rings is 1. The molecule has 0 spiro atoms. The molecular weight excluding hydrogens is 410 g/mol. The number of aromatic nitrogens is 5. The normalized spacial score (nSPS) is 18.3. The van der Waals surface area contributed by atoms with Crippen molar-refractivity contribution in [1.29, 1.82) is 0 Å². The Labute approximate surface area is 181 Å². The van der Waals surface area contributed by atoms with Gasteiger partial charge in [-0.05, 0) is 30.2 Å². The van der Waals surface area contributed by atoms with Gasteiger partial charge in [-0.3, -0.25) is 24.8 Å². The first-order chi connectivity index (χ1) is 15.6. The number of carbonyl (C=O) groups is 3. The van der Waals surface area contributed by atoms with Crippen molar-refractivity contribution in [1.82, 2.24) is 35.4 Å². The maximum Gasteiger partial charge on any atom is 0.255 e. The third-order valence-electron chi connectivity index (χ3n) is 5.98. The Bertz CT molecular complexity index is 1420. The summed E-state index contributed by atoms with van der Waals surface area (Å²) >= 11 is 0. The highest BCUT2D eigenvalue weighted by molar-refractivity contribution is 6.05. The van der Waals surface area contributed by atoms with E-state index in [1.165, 1.54) is 4.90 Å². The third kappa shape index (κ3) is 2.80. The monoisotopic (exact) mass is 427 g/mol. The molecule has 1 fully saturated rings. The zero-order chi connectivity index (χ0) is 21.8. The fourth-order valence-corrected chi connectivity index (χ4v) is 4.34. The van der Waals surface area contributed by atoms with Crippen molar-refractivity contribution in [2.75, 3.05) is 0 Å². The van der Waals surface area contributed by atoms with Crippen LogP contribution in [0.15, 0.2) is 48.7 Å².